The van der Waals surface area contributed by atoms with E-state index in [-0.39, 0.29) is 5.84 Å². The zero-order valence-corrected chi connectivity index (χ0v) is 10.6. The molecule has 98 valence electrons. The van der Waals surface area contributed by atoms with E-state index in [4.69, 9.17) is 20.6 Å². The van der Waals surface area contributed by atoms with Crippen LogP contribution in [0.25, 0.3) is 0 Å². The first-order chi connectivity index (χ1) is 9.19. The Balaban J connectivity index is 2.18. The summed E-state index contributed by atoms with van der Waals surface area (Å²) in [6.07, 6.45) is 1.55. The zero-order chi connectivity index (χ0) is 13.7. The predicted molar refractivity (Wildman–Crippen MR) is 72.9 cm³/mol. The van der Waals surface area contributed by atoms with Crippen LogP contribution in [0.3, 0.4) is 0 Å². The lowest BCUT2D eigenvalue weighted by Crippen LogP contribution is -2.12. The maximum absolute atomic E-state index is 7.34. The summed E-state index contributed by atoms with van der Waals surface area (Å²) in [5.74, 6) is 1.90. The van der Waals surface area contributed by atoms with Crippen LogP contribution in [0, 0.1) is 5.41 Å². The summed E-state index contributed by atoms with van der Waals surface area (Å²) in [6, 6.07) is 10.7. The number of nitrogens with zero attached hydrogens (tertiary/aromatic N) is 1. The van der Waals surface area contributed by atoms with Crippen LogP contribution in [0.2, 0.25) is 0 Å². The molecule has 0 bridgehead atoms. The average molecular weight is 257 g/mol. The van der Waals surface area contributed by atoms with Crippen molar-refractivity contribution in [1.82, 2.24) is 4.98 Å². The van der Waals surface area contributed by atoms with Gasteiger partial charge in [-0.2, -0.15) is 0 Å². The Kier molecular flexibility index (Phi) is 3.97. The van der Waals surface area contributed by atoms with E-state index >= 15 is 0 Å². The van der Waals surface area contributed by atoms with E-state index in [0.717, 1.165) is 5.75 Å². The van der Waals surface area contributed by atoms with Gasteiger partial charge in [0.25, 0.3) is 0 Å². The van der Waals surface area contributed by atoms with Gasteiger partial charge >= 0.3 is 0 Å². The highest BCUT2D eigenvalue weighted by molar-refractivity contribution is 5.93. The van der Waals surface area contributed by atoms with Crippen LogP contribution in [-0.2, 0) is 0 Å². The first-order valence-electron chi connectivity index (χ1n) is 5.90. The number of hydrogen-bond donors (Lipinski definition) is 2. The van der Waals surface area contributed by atoms with Gasteiger partial charge < -0.3 is 15.2 Å². The molecule has 0 aliphatic heterocycles. The van der Waals surface area contributed by atoms with E-state index in [2.05, 4.69) is 4.98 Å². The van der Waals surface area contributed by atoms with Gasteiger partial charge in [0.05, 0.1) is 6.61 Å². The van der Waals surface area contributed by atoms with Gasteiger partial charge in [-0.25, -0.2) is 0 Å². The number of amidine groups is 1. The minimum absolute atomic E-state index is 0.0893. The largest absolute Gasteiger partial charge is 0.494 e. The van der Waals surface area contributed by atoms with Crippen molar-refractivity contribution in [3.63, 3.8) is 0 Å². The Morgan fingerprint density at radius 3 is 2.68 bits per heavy atom. The summed E-state index contributed by atoms with van der Waals surface area (Å²) in [6.45, 7) is 2.53. The second-order valence-electron chi connectivity index (χ2n) is 3.80. The van der Waals surface area contributed by atoms with Crippen LogP contribution in [0.15, 0.2) is 42.6 Å². The summed E-state index contributed by atoms with van der Waals surface area (Å²) >= 11 is 0. The summed E-state index contributed by atoms with van der Waals surface area (Å²) in [7, 11) is 0. The fraction of sp³-hybridized carbons (Fsp3) is 0.143. The number of nitrogens with two attached hydrogens (primary N) is 1. The Labute approximate surface area is 111 Å². The molecule has 0 saturated carbocycles. The molecular weight excluding hydrogens is 242 g/mol. The number of ether oxygens (including phenoxy) is 2. The van der Waals surface area contributed by atoms with Crippen LogP contribution < -0.4 is 15.2 Å². The van der Waals surface area contributed by atoms with Crippen molar-refractivity contribution in [2.24, 2.45) is 5.73 Å². The molecule has 3 N–H and O–H groups in total. The second kappa shape index (κ2) is 5.86. The van der Waals surface area contributed by atoms with Crippen molar-refractivity contribution in [2.45, 2.75) is 6.92 Å². The fourth-order valence-corrected chi connectivity index (χ4v) is 1.55. The van der Waals surface area contributed by atoms with Crippen molar-refractivity contribution in [1.29, 1.82) is 5.41 Å². The number of nitrogen functional groups attached to an aromatic ring is 1. The lowest BCUT2D eigenvalue weighted by Gasteiger charge is -2.08. The van der Waals surface area contributed by atoms with E-state index in [9.17, 15) is 0 Å². The normalized spacial score (nSPS) is 9.95. The van der Waals surface area contributed by atoms with Gasteiger partial charge in [0.2, 0.25) is 0 Å². The van der Waals surface area contributed by atoms with Crippen molar-refractivity contribution < 1.29 is 9.47 Å². The van der Waals surface area contributed by atoms with E-state index < -0.39 is 0 Å². The van der Waals surface area contributed by atoms with Gasteiger partial charge in [-0.3, -0.25) is 10.4 Å². The Morgan fingerprint density at radius 2 is 1.95 bits per heavy atom. The molecule has 0 fully saturated rings. The van der Waals surface area contributed by atoms with Gasteiger partial charge in [0.15, 0.2) is 0 Å². The van der Waals surface area contributed by atoms with Gasteiger partial charge in [-0.1, -0.05) is 6.07 Å². The molecule has 19 heavy (non-hydrogen) atoms. The Bertz CT molecular complexity index is 584. The molecule has 0 amide bonds. The van der Waals surface area contributed by atoms with E-state index in [0.29, 0.717) is 23.8 Å². The molecule has 0 aliphatic carbocycles. The maximum atomic E-state index is 7.34. The third-order valence-electron chi connectivity index (χ3n) is 2.36. The molecule has 5 nitrogen and oxygen atoms in total. The smallest absolute Gasteiger partial charge is 0.141 e. The molecule has 0 aliphatic rings. The molecule has 1 heterocycles. The molecule has 2 rings (SSSR count). The first kappa shape index (κ1) is 12.9. The lowest BCUT2D eigenvalue weighted by molar-refractivity contribution is 0.338. The Hall–Kier alpha value is -2.56. The van der Waals surface area contributed by atoms with Crippen LogP contribution in [0.4, 0.5) is 0 Å². The zero-order valence-electron chi connectivity index (χ0n) is 10.6. The molecular formula is C14H15N3O2. The SMILES string of the molecule is CCOc1cccc(Oc2ccnc(C(=N)N)c2)c1. The van der Waals surface area contributed by atoms with Crippen molar-refractivity contribution in [3.8, 4) is 17.2 Å². The van der Waals surface area contributed by atoms with E-state index in [1.807, 2.05) is 25.1 Å². The Morgan fingerprint density at radius 1 is 1.21 bits per heavy atom. The molecule has 1 aromatic carbocycles. The molecule has 5 heteroatoms. The van der Waals surface area contributed by atoms with E-state index in [1.54, 1.807) is 24.4 Å². The summed E-state index contributed by atoms with van der Waals surface area (Å²) in [5, 5.41) is 7.34. The van der Waals surface area contributed by atoms with E-state index in [1.165, 1.54) is 0 Å². The second-order valence-corrected chi connectivity index (χ2v) is 3.80. The standard InChI is InChI=1S/C14H15N3O2/c1-2-18-10-4-3-5-11(8-10)19-12-6-7-17-13(9-12)14(15)16/h3-9H,2H2,1H3,(H3,15,16). The highest BCUT2D eigenvalue weighted by atomic mass is 16.5. The topological polar surface area (TPSA) is 81.2 Å². The van der Waals surface area contributed by atoms with Gasteiger partial charge in [0, 0.05) is 18.3 Å². The van der Waals surface area contributed by atoms with Crippen LogP contribution >= 0.6 is 0 Å². The lowest BCUT2D eigenvalue weighted by atomic mass is 10.3. The third-order valence-corrected chi connectivity index (χ3v) is 2.36. The molecule has 0 radical (unpaired) electrons. The average Bonchev–Trinajstić information content (AvgIpc) is 2.40. The highest BCUT2D eigenvalue weighted by Crippen LogP contribution is 2.25. The maximum Gasteiger partial charge on any atom is 0.141 e. The molecule has 1 aromatic heterocycles. The minimum atomic E-state index is -0.0893. The number of aromatic nitrogens is 1. The van der Waals surface area contributed by atoms with Crippen LogP contribution in [0.5, 0.6) is 17.2 Å². The highest BCUT2D eigenvalue weighted by Gasteiger charge is 2.03. The molecule has 0 unspecified atom stereocenters. The number of nitrogens with one attached hydrogen (secondary N) is 1. The fourth-order valence-electron chi connectivity index (χ4n) is 1.55. The first-order valence-corrected chi connectivity index (χ1v) is 5.90. The summed E-state index contributed by atoms with van der Waals surface area (Å²) < 4.78 is 11.1. The quantitative estimate of drug-likeness (QED) is 0.637. The number of rotatable bonds is 5. The minimum Gasteiger partial charge on any atom is -0.494 e. The van der Waals surface area contributed by atoms with Gasteiger partial charge in [0.1, 0.15) is 28.8 Å². The number of benzene rings is 1. The van der Waals surface area contributed by atoms with Crippen molar-refractivity contribution >= 4 is 5.84 Å². The van der Waals surface area contributed by atoms with Gasteiger partial charge in [-0.05, 0) is 25.1 Å². The number of pyridine rings is 1. The number of hydrogen-bond acceptors (Lipinski definition) is 4. The van der Waals surface area contributed by atoms with Crippen LogP contribution in [-0.4, -0.2) is 17.4 Å². The molecule has 2 aromatic rings. The third kappa shape index (κ3) is 3.45. The van der Waals surface area contributed by atoms with Gasteiger partial charge in [-0.15, -0.1) is 0 Å². The molecule has 0 atom stereocenters. The molecule has 0 spiro atoms. The molecule has 0 saturated heterocycles. The summed E-state index contributed by atoms with van der Waals surface area (Å²) in [4.78, 5) is 3.97. The van der Waals surface area contributed by atoms with Crippen molar-refractivity contribution in [3.05, 3.63) is 48.3 Å². The van der Waals surface area contributed by atoms with Crippen molar-refractivity contribution in [2.75, 3.05) is 6.61 Å². The predicted octanol–water partition coefficient (Wildman–Crippen LogP) is 2.56. The monoisotopic (exact) mass is 257 g/mol. The summed E-state index contributed by atoms with van der Waals surface area (Å²) in [5.41, 5.74) is 5.77. The van der Waals surface area contributed by atoms with Crippen LogP contribution in [0.1, 0.15) is 12.6 Å².